The van der Waals surface area contributed by atoms with Gasteiger partial charge in [0.05, 0.1) is 16.1 Å². The zero-order valence-corrected chi connectivity index (χ0v) is 21.3. The van der Waals surface area contributed by atoms with Crippen molar-refractivity contribution in [2.45, 2.75) is 39.4 Å². The van der Waals surface area contributed by atoms with Crippen molar-refractivity contribution in [1.29, 1.82) is 0 Å². The number of fused-ring (bicyclic) bond motifs is 1. The molecule has 3 heterocycles. The van der Waals surface area contributed by atoms with Crippen LogP contribution in [0.4, 0.5) is 0 Å². The molecule has 3 aromatic rings. The molecule has 34 heavy (non-hydrogen) atoms. The van der Waals surface area contributed by atoms with Gasteiger partial charge in [-0.1, -0.05) is 23.7 Å². The number of halogens is 1. The molecule has 7 nitrogen and oxygen atoms in total. The van der Waals surface area contributed by atoms with E-state index in [9.17, 15) is 14.4 Å². The highest BCUT2D eigenvalue weighted by Gasteiger charge is 2.32. The van der Waals surface area contributed by atoms with Gasteiger partial charge in [-0.05, 0) is 50.6 Å². The number of nitrogens with zero attached hydrogens (tertiary/aromatic N) is 2. The number of aromatic nitrogens is 1. The van der Waals surface area contributed by atoms with Crippen LogP contribution in [-0.2, 0) is 24.9 Å². The maximum atomic E-state index is 13.3. The Kier molecular flexibility index (Phi) is 7.12. The number of amides is 2. The predicted molar refractivity (Wildman–Crippen MR) is 136 cm³/mol. The second kappa shape index (κ2) is 9.90. The quantitative estimate of drug-likeness (QED) is 0.520. The topological polar surface area (TPSA) is 83.4 Å². The van der Waals surface area contributed by atoms with E-state index in [1.807, 2.05) is 37.7 Å². The first-order valence-corrected chi connectivity index (χ1v) is 12.5. The highest BCUT2D eigenvalue weighted by atomic mass is 35.5. The van der Waals surface area contributed by atoms with Gasteiger partial charge >= 0.3 is 0 Å². The molecule has 2 atom stereocenters. The summed E-state index contributed by atoms with van der Waals surface area (Å²) in [6, 6.07) is 7.29. The molecule has 1 aliphatic heterocycles. The number of benzene rings is 1. The van der Waals surface area contributed by atoms with E-state index in [0.717, 1.165) is 34.5 Å². The Morgan fingerprint density at radius 1 is 1.32 bits per heavy atom. The molecule has 4 rings (SSSR count). The van der Waals surface area contributed by atoms with Crippen LogP contribution in [0.1, 0.15) is 39.7 Å². The average molecular weight is 501 g/mol. The lowest BCUT2D eigenvalue weighted by Gasteiger charge is -2.28. The summed E-state index contributed by atoms with van der Waals surface area (Å²) in [6.45, 7) is 5.74. The predicted octanol–water partition coefficient (Wildman–Crippen LogP) is 3.45. The Morgan fingerprint density at radius 3 is 2.68 bits per heavy atom. The van der Waals surface area contributed by atoms with Crippen molar-refractivity contribution in [3.63, 3.8) is 0 Å². The second-order valence-corrected chi connectivity index (χ2v) is 10.5. The van der Waals surface area contributed by atoms with Crippen LogP contribution in [0.2, 0.25) is 5.02 Å². The van der Waals surface area contributed by atoms with Crippen LogP contribution < -0.4 is 16.1 Å². The molecule has 0 saturated carbocycles. The van der Waals surface area contributed by atoms with Crippen molar-refractivity contribution in [3.05, 3.63) is 67.3 Å². The molecule has 2 aromatic heterocycles. The van der Waals surface area contributed by atoms with Crippen molar-refractivity contribution in [1.82, 2.24) is 20.1 Å². The van der Waals surface area contributed by atoms with Crippen molar-refractivity contribution in [2.75, 3.05) is 13.6 Å². The van der Waals surface area contributed by atoms with Crippen molar-refractivity contribution >= 4 is 45.0 Å². The molecule has 1 aromatic carbocycles. The Bertz CT molecular complexity index is 1300. The molecule has 0 radical (unpaired) electrons. The zero-order chi connectivity index (χ0) is 24.6. The Balaban J connectivity index is 1.57. The SMILES string of the molecule is Cc1c(CN(C)C(C)C2CCNC2=O)sc2c(=O)c(C(=O)NCc3ccc(Cl)cc3)cn(C)c12. The van der Waals surface area contributed by atoms with Crippen LogP contribution in [0.15, 0.2) is 35.3 Å². The molecule has 180 valence electrons. The molecule has 1 aliphatic rings. The van der Waals surface area contributed by atoms with E-state index in [0.29, 0.717) is 22.8 Å². The van der Waals surface area contributed by atoms with Gasteiger partial charge < -0.3 is 15.2 Å². The van der Waals surface area contributed by atoms with E-state index in [4.69, 9.17) is 11.6 Å². The molecule has 0 aliphatic carbocycles. The standard InChI is InChI=1S/C25H29ClN4O3S/c1-14-20(13-29(3)15(2)18-9-10-27-24(18)32)34-23-21(14)30(4)12-19(22(23)31)25(33)28-11-16-5-7-17(26)8-6-16/h5-8,12,15,18H,9-11,13H2,1-4H3,(H,27,32)(H,28,33). The molecule has 0 bridgehead atoms. The largest absolute Gasteiger partial charge is 0.356 e. The van der Waals surface area contributed by atoms with Gasteiger partial charge in [-0.25, -0.2) is 0 Å². The van der Waals surface area contributed by atoms with Crippen LogP contribution in [0.5, 0.6) is 0 Å². The van der Waals surface area contributed by atoms with Gasteiger partial charge in [0.1, 0.15) is 5.56 Å². The minimum absolute atomic E-state index is 0.0261. The molecule has 2 unspecified atom stereocenters. The number of rotatable bonds is 7. The molecule has 2 amide bonds. The summed E-state index contributed by atoms with van der Waals surface area (Å²) < 4.78 is 2.44. The van der Waals surface area contributed by atoms with E-state index in [2.05, 4.69) is 22.5 Å². The van der Waals surface area contributed by atoms with E-state index in [1.165, 1.54) is 11.3 Å². The third-order valence-corrected chi connectivity index (χ3v) is 8.23. The van der Waals surface area contributed by atoms with Gasteiger partial charge in [-0.15, -0.1) is 11.3 Å². The van der Waals surface area contributed by atoms with Crippen LogP contribution >= 0.6 is 22.9 Å². The maximum Gasteiger partial charge on any atom is 0.257 e. The Hall–Kier alpha value is -2.68. The minimum atomic E-state index is -0.400. The van der Waals surface area contributed by atoms with E-state index in [1.54, 1.807) is 18.3 Å². The lowest BCUT2D eigenvalue weighted by Crippen LogP contribution is -2.38. The summed E-state index contributed by atoms with van der Waals surface area (Å²) >= 11 is 7.35. The number of hydrogen-bond acceptors (Lipinski definition) is 5. The third kappa shape index (κ3) is 4.76. The monoisotopic (exact) mass is 500 g/mol. The van der Waals surface area contributed by atoms with Crippen LogP contribution in [-0.4, -0.2) is 40.9 Å². The Labute approximate surface area is 207 Å². The normalized spacial score (nSPS) is 16.8. The summed E-state index contributed by atoms with van der Waals surface area (Å²) in [7, 11) is 3.87. The van der Waals surface area contributed by atoms with Crippen molar-refractivity contribution < 1.29 is 9.59 Å². The first kappa shape index (κ1) is 24.4. The number of carbonyl (C=O) groups is 2. The first-order valence-electron chi connectivity index (χ1n) is 11.3. The number of hydrogen-bond donors (Lipinski definition) is 2. The van der Waals surface area contributed by atoms with Crippen LogP contribution in [0.25, 0.3) is 10.2 Å². The highest BCUT2D eigenvalue weighted by Crippen LogP contribution is 2.31. The van der Waals surface area contributed by atoms with Gasteiger partial charge in [-0.2, -0.15) is 0 Å². The third-order valence-electron chi connectivity index (χ3n) is 6.71. The summed E-state index contributed by atoms with van der Waals surface area (Å²) in [5, 5.41) is 6.37. The number of thiophene rings is 1. The van der Waals surface area contributed by atoms with Crippen LogP contribution in [0.3, 0.4) is 0 Å². The maximum absolute atomic E-state index is 13.3. The number of aryl methyl sites for hydroxylation is 2. The van der Waals surface area contributed by atoms with Gasteiger partial charge in [0.15, 0.2) is 0 Å². The number of carbonyl (C=O) groups excluding carboxylic acids is 2. The molecule has 1 fully saturated rings. The first-order chi connectivity index (χ1) is 16.2. The van der Waals surface area contributed by atoms with E-state index >= 15 is 0 Å². The van der Waals surface area contributed by atoms with Crippen molar-refractivity contribution in [2.24, 2.45) is 13.0 Å². The average Bonchev–Trinajstić information content (AvgIpc) is 3.38. The second-order valence-electron chi connectivity index (χ2n) is 8.96. The smallest absolute Gasteiger partial charge is 0.257 e. The fourth-order valence-electron chi connectivity index (χ4n) is 4.51. The van der Waals surface area contributed by atoms with Gasteiger partial charge in [0, 0.05) is 48.8 Å². The lowest BCUT2D eigenvalue weighted by molar-refractivity contribution is -0.124. The molecule has 2 N–H and O–H groups in total. The van der Waals surface area contributed by atoms with Crippen molar-refractivity contribution in [3.8, 4) is 0 Å². The van der Waals surface area contributed by atoms with E-state index < -0.39 is 5.91 Å². The van der Waals surface area contributed by atoms with E-state index in [-0.39, 0.29) is 28.9 Å². The fourth-order valence-corrected chi connectivity index (χ4v) is 6.00. The molecule has 1 saturated heterocycles. The minimum Gasteiger partial charge on any atom is -0.356 e. The fraction of sp³-hybridized carbons (Fsp3) is 0.400. The van der Waals surface area contributed by atoms with Crippen LogP contribution in [0, 0.1) is 12.8 Å². The zero-order valence-electron chi connectivity index (χ0n) is 19.8. The summed E-state index contributed by atoms with van der Waals surface area (Å²) in [5.74, 6) is -0.320. The molecular formula is C25H29ClN4O3S. The van der Waals surface area contributed by atoms with Gasteiger partial charge in [-0.3, -0.25) is 19.3 Å². The van der Waals surface area contributed by atoms with Gasteiger partial charge in [0.2, 0.25) is 11.3 Å². The summed E-state index contributed by atoms with van der Waals surface area (Å²) in [6.07, 6.45) is 2.45. The lowest BCUT2D eigenvalue weighted by atomic mass is 9.98. The summed E-state index contributed by atoms with van der Waals surface area (Å²) in [5.41, 5.74) is 2.65. The van der Waals surface area contributed by atoms with Gasteiger partial charge in [0.25, 0.3) is 5.91 Å². The molecule has 0 spiro atoms. The Morgan fingerprint density at radius 2 is 2.03 bits per heavy atom. The molecular weight excluding hydrogens is 472 g/mol. The number of nitrogens with one attached hydrogen (secondary N) is 2. The molecule has 9 heteroatoms. The summed E-state index contributed by atoms with van der Waals surface area (Å²) in [4.78, 5) is 41.4. The highest BCUT2D eigenvalue weighted by molar-refractivity contribution is 7.19. The number of pyridine rings is 1.